The van der Waals surface area contributed by atoms with Crippen molar-refractivity contribution in [1.29, 1.82) is 0 Å². The lowest BCUT2D eigenvalue weighted by Crippen LogP contribution is -2.39. The van der Waals surface area contributed by atoms with Gasteiger partial charge in [0.05, 0.1) is 5.02 Å². The maximum atomic E-state index is 6.16. The van der Waals surface area contributed by atoms with E-state index in [4.69, 9.17) is 17.4 Å². The largest absolute Gasteiger partial charge is 0.271 e. The van der Waals surface area contributed by atoms with Crippen molar-refractivity contribution >= 4 is 23.4 Å². The van der Waals surface area contributed by atoms with Gasteiger partial charge in [-0.05, 0) is 26.0 Å². The molecule has 7 heteroatoms. The fourth-order valence-electron chi connectivity index (χ4n) is 1.99. The Labute approximate surface area is 134 Å². The summed E-state index contributed by atoms with van der Waals surface area (Å²) in [7, 11) is 0. The molecule has 0 aliphatic rings. The fraction of sp³-hybridized carbons (Fsp3) is 0.429. The van der Waals surface area contributed by atoms with Gasteiger partial charge in [-0.25, -0.2) is 9.67 Å². The van der Waals surface area contributed by atoms with Crippen molar-refractivity contribution < 1.29 is 0 Å². The first-order valence-corrected chi connectivity index (χ1v) is 8.20. The molecule has 0 aliphatic heterocycles. The number of benzene rings is 1. The molecule has 1 unspecified atom stereocenters. The molecule has 114 valence electrons. The van der Waals surface area contributed by atoms with E-state index in [0.717, 1.165) is 27.9 Å². The van der Waals surface area contributed by atoms with Gasteiger partial charge in [0, 0.05) is 29.2 Å². The summed E-state index contributed by atoms with van der Waals surface area (Å²) >= 11 is 7.85. The van der Waals surface area contributed by atoms with E-state index in [1.807, 2.05) is 28.9 Å². The highest BCUT2D eigenvalue weighted by Crippen LogP contribution is 2.27. The SMILES string of the molecule is CC(C)n1ncnc1CC(CSc1ccccc1Cl)NN. The third-order valence-electron chi connectivity index (χ3n) is 3.08. The summed E-state index contributed by atoms with van der Waals surface area (Å²) in [6, 6.07) is 8.21. The smallest absolute Gasteiger partial charge is 0.138 e. The van der Waals surface area contributed by atoms with Crippen molar-refractivity contribution in [3.63, 3.8) is 0 Å². The maximum Gasteiger partial charge on any atom is 0.138 e. The van der Waals surface area contributed by atoms with Crippen molar-refractivity contribution in [1.82, 2.24) is 20.2 Å². The highest BCUT2D eigenvalue weighted by Gasteiger charge is 2.15. The van der Waals surface area contributed by atoms with Gasteiger partial charge in [-0.2, -0.15) is 5.10 Å². The van der Waals surface area contributed by atoms with Crippen LogP contribution in [0, 0.1) is 0 Å². The topological polar surface area (TPSA) is 68.8 Å². The lowest BCUT2D eigenvalue weighted by Gasteiger charge is -2.17. The first-order chi connectivity index (χ1) is 10.1. The molecule has 0 amide bonds. The molecule has 0 radical (unpaired) electrons. The minimum atomic E-state index is 0.105. The predicted molar refractivity (Wildman–Crippen MR) is 87.4 cm³/mol. The molecule has 2 rings (SSSR count). The van der Waals surface area contributed by atoms with Crippen LogP contribution in [-0.4, -0.2) is 26.6 Å². The van der Waals surface area contributed by atoms with Crippen LogP contribution in [-0.2, 0) is 6.42 Å². The van der Waals surface area contributed by atoms with E-state index in [1.165, 1.54) is 0 Å². The summed E-state index contributed by atoms with van der Waals surface area (Å²) in [5, 5.41) is 5.01. The Morgan fingerprint density at radius 1 is 1.38 bits per heavy atom. The molecule has 0 saturated heterocycles. The van der Waals surface area contributed by atoms with Gasteiger partial charge in [-0.1, -0.05) is 23.7 Å². The van der Waals surface area contributed by atoms with Crippen molar-refractivity contribution in [3.8, 4) is 0 Å². The van der Waals surface area contributed by atoms with E-state index in [-0.39, 0.29) is 12.1 Å². The predicted octanol–water partition coefficient (Wildman–Crippen LogP) is 2.68. The molecule has 1 heterocycles. The molecule has 3 N–H and O–H groups in total. The van der Waals surface area contributed by atoms with E-state index >= 15 is 0 Å². The summed E-state index contributed by atoms with van der Waals surface area (Å²) < 4.78 is 1.92. The maximum absolute atomic E-state index is 6.16. The number of aromatic nitrogens is 3. The number of hydrogen-bond donors (Lipinski definition) is 2. The van der Waals surface area contributed by atoms with Crippen LogP contribution >= 0.6 is 23.4 Å². The summed E-state index contributed by atoms with van der Waals surface area (Å²) in [5.74, 6) is 7.41. The Morgan fingerprint density at radius 3 is 2.81 bits per heavy atom. The first kappa shape index (κ1) is 16.3. The van der Waals surface area contributed by atoms with Gasteiger partial charge in [0.25, 0.3) is 0 Å². The van der Waals surface area contributed by atoms with Gasteiger partial charge in [-0.3, -0.25) is 11.3 Å². The molecule has 1 atom stereocenters. The molecule has 1 aromatic carbocycles. The zero-order valence-corrected chi connectivity index (χ0v) is 13.7. The molecule has 0 bridgehead atoms. The lowest BCUT2D eigenvalue weighted by molar-refractivity contribution is 0.477. The Balaban J connectivity index is 1.97. The van der Waals surface area contributed by atoms with Crippen LogP contribution in [0.3, 0.4) is 0 Å². The van der Waals surface area contributed by atoms with E-state index < -0.39 is 0 Å². The van der Waals surface area contributed by atoms with Gasteiger partial charge in [-0.15, -0.1) is 11.8 Å². The number of rotatable bonds is 7. The van der Waals surface area contributed by atoms with Gasteiger partial charge in [0.1, 0.15) is 12.2 Å². The monoisotopic (exact) mass is 325 g/mol. The second kappa shape index (κ2) is 7.79. The van der Waals surface area contributed by atoms with Crippen LogP contribution in [0.1, 0.15) is 25.7 Å². The highest BCUT2D eigenvalue weighted by atomic mass is 35.5. The molecular weight excluding hydrogens is 306 g/mol. The lowest BCUT2D eigenvalue weighted by atomic mass is 10.2. The minimum Gasteiger partial charge on any atom is -0.271 e. The van der Waals surface area contributed by atoms with Gasteiger partial charge >= 0.3 is 0 Å². The molecule has 5 nitrogen and oxygen atoms in total. The third-order valence-corrected chi connectivity index (χ3v) is 4.76. The zero-order chi connectivity index (χ0) is 15.2. The van der Waals surface area contributed by atoms with Gasteiger partial charge in [0.2, 0.25) is 0 Å². The average molecular weight is 326 g/mol. The average Bonchev–Trinajstić information content (AvgIpc) is 2.93. The van der Waals surface area contributed by atoms with Crippen LogP contribution in [0.5, 0.6) is 0 Å². The van der Waals surface area contributed by atoms with Crippen molar-refractivity contribution in [3.05, 3.63) is 41.4 Å². The molecule has 2 aromatic rings. The summed E-state index contributed by atoms with van der Waals surface area (Å²) in [6.45, 7) is 4.17. The van der Waals surface area contributed by atoms with Crippen molar-refractivity contribution in [2.75, 3.05) is 5.75 Å². The van der Waals surface area contributed by atoms with E-state index in [1.54, 1.807) is 18.1 Å². The highest BCUT2D eigenvalue weighted by molar-refractivity contribution is 7.99. The Morgan fingerprint density at radius 2 is 2.14 bits per heavy atom. The molecule has 0 saturated carbocycles. The zero-order valence-electron chi connectivity index (χ0n) is 12.2. The van der Waals surface area contributed by atoms with E-state index in [9.17, 15) is 0 Å². The van der Waals surface area contributed by atoms with Crippen LogP contribution in [0.4, 0.5) is 0 Å². The number of nitrogens with zero attached hydrogens (tertiary/aromatic N) is 3. The summed E-state index contributed by atoms with van der Waals surface area (Å²) in [5.41, 5.74) is 2.85. The minimum absolute atomic E-state index is 0.105. The number of thioether (sulfide) groups is 1. The van der Waals surface area contributed by atoms with Gasteiger partial charge in [0.15, 0.2) is 0 Å². The molecule has 0 aliphatic carbocycles. The van der Waals surface area contributed by atoms with Crippen molar-refractivity contribution in [2.45, 2.75) is 37.2 Å². The number of hydrazine groups is 1. The van der Waals surface area contributed by atoms with Gasteiger partial charge < -0.3 is 0 Å². The molecule has 0 spiro atoms. The molecular formula is C14H20ClN5S. The number of halogens is 1. The first-order valence-electron chi connectivity index (χ1n) is 6.83. The number of hydrogen-bond acceptors (Lipinski definition) is 5. The Bertz CT molecular complexity index is 572. The van der Waals surface area contributed by atoms with Crippen LogP contribution in [0.2, 0.25) is 5.02 Å². The molecule has 0 fully saturated rings. The Kier molecular flexibility index (Phi) is 6.05. The quantitative estimate of drug-likeness (QED) is 0.465. The molecule has 21 heavy (non-hydrogen) atoms. The van der Waals surface area contributed by atoms with E-state index in [2.05, 4.69) is 29.4 Å². The standard InChI is InChI=1S/C14H20ClN5S/c1-10(2)20-14(17-9-18-20)7-11(19-16)8-21-13-6-4-3-5-12(13)15/h3-6,9-11,19H,7-8,16H2,1-2H3. The number of nitrogens with one attached hydrogen (secondary N) is 1. The second-order valence-corrected chi connectivity index (χ2v) is 6.49. The fourth-order valence-corrected chi connectivity index (χ4v) is 3.26. The van der Waals surface area contributed by atoms with Crippen LogP contribution in [0.25, 0.3) is 0 Å². The molecule has 1 aromatic heterocycles. The van der Waals surface area contributed by atoms with Crippen molar-refractivity contribution in [2.24, 2.45) is 5.84 Å². The third kappa shape index (κ3) is 4.44. The summed E-state index contributed by atoms with van der Waals surface area (Å²) in [6.07, 6.45) is 2.32. The normalized spacial score (nSPS) is 12.8. The summed E-state index contributed by atoms with van der Waals surface area (Å²) in [4.78, 5) is 5.38. The Hall–Kier alpha value is -1.08. The number of nitrogens with two attached hydrogens (primary N) is 1. The van der Waals surface area contributed by atoms with Crippen LogP contribution < -0.4 is 11.3 Å². The van der Waals surface area contributed by atoms with Crippen LogP contribution in [0.15, 0.2) is 35.5 Å². The van der Waals surface area contributed by atoms with E-state index in [0.29, 0.717) is 0 Å². The second-order valence-electron chi connectivity index (χ2n) is 5.02.